The first-order chi connectivity index (χ1) is 27.2. The van der Waals surface area contributed by atoms with Crippen molar-refractivity contribution in [3.8, 4) is 11.8 Å². The molecule has 1 atom stereocenters. The van der Waals surface area contributed by atoms with Crippen molar-refractivity contribution < 1.29 is 28.3 Å². The van der Waals surface area contributed by atoms with E-state index in [2.05, 4.69) is 41.6 Å². The maximum Gasteiger partial charge on any atom is 0.255 e. The van der Waals surface area contributed by atoms with E-state index in [-0.39, 0.29) is 41.7 Å². The molecule has 4 amide bonds. The number of ether oxygens (including phenoxy) is 1. The first-order valence-corrected chi connectivity index (χ1v) is 19.7. The Bertz CT molecular complexity index is 2020. The number of carbonyl (C=O) groups is 4. The van der Waals surface area contributed by atoms with Crippen LogP contribution in [0.5, 0.6) is 5.75 Å². The predicted molar refractivity (Wildman–Crippen MR) is 204 cm³/mol. The van der Waals surface area contributed by atoms with Crippen LogP contribution < -0.4 is 25.2 Å². The first-order valence-electron chi connectivity index (χ1n) is 19.7. The molecule has 2 N–H and O–H groups in total. The summed E-state index contributed by atoms with van der Waals surface area (Å²) in [6.07, 6.45) is 5.25. The lowest BCUT2D eigenvalue weighted by Crippen LogP contribution is -2.52. The Morgan fingerprint density at radius 1 is 0.893 bits per heavy atom. The first kappa shape index (κ1) is 37.3. The fourth-order valence-corrected chi connectivity index (χ4v) is 8.72. The van der Waals surface area contributed by atoms with E-state index in [0.717, 1.165) is 75.7 Å². The second-order valence-corrected chi connectivity index (χ2v) is 15.6. The van der Waals surface area contributed by atoms with E-state index < -0.39 is 17.8 Å². The van der Waals surface area contributed by atoms with Crippen molar-refractivity contribution in [1.82, 2.24) is 25.3 Å². The van der Waals surface area contributed by atoms with Crippen LogP contribution in [-0.2, 0) is 20.9 Å². The number of rotatable bonds is 9. The van der Waals surface area contributed by atoms with Crippen molar-refractivity contribution in [2.75, 3.05) is 60.9 Å². The summed E-state index contributed by atoms with van der Waals surface area (Å²) in [6.45, 7) is 6.86. The Labute approximate surface area is 325 Å². The molecule has 5 aliphatic rings. The summed E-state index contributed by atoms with van der Waals surface area (Å²) in [4.78, 5) is 59.1. The number of aromatic nitrogens is 2. The van der Waals surface area contributed by atoms with Gasteiger partial charge in [0.2, 0.25) is 17.7 Å². The van der Waals surface area contributed by atoms with Crippen molar-refractivity contribution >= 4 is 41.0 Å². The molecule has 0 spiro atoms. The summed E-state index contributed by atoms with van der Waals surface area (Å²) in [7, 11) is 0. The number of nitrogens with zero attached hydrogens (tertiary/aromatic N) is 7. The smallest absolute Gasteiger partial charge is 0.255 e. The van der Waals surface area contributed by atoms with Crippen LogP contribution in [0, 0.1) is 29.0 Å². The van der Waals surface area contributed by atoms with Crippen molar-refractivity contribution in [3.05, 3.63) is 71.0 Å². The van der Waals surface area contributed by atoms with Gasteiger partial charge in [-0.3, -0.25) is 29.4 Å². The molecule has 1 aliphatic carbocycles. The van der Waals surface area contributed by atoms with Crippen molar-refractivity contribution in [2.45, 2.75) is 70.1 Å². The van der Waals surface area contributed by atoms with Gasteiger partial charge in [0.15, 0.2) is 11.6 Å². The Kier molecular flexibility index (Phi) is 10.8. The molecule has 1 unspecified atom stereocenters. The molecule has 292 valence electrons. The standard InChI is InChI=1S/C41H46FN9O5/c42-34-22-32(8-4-28(34)23-43)56-31-6-2-27(3-7-31)39(53)44-36-10-11-37(47-46-36)50-15-13-26(14-16-50)24-48-17-19-49(20-18-48)30-5-1-29-25-51(41(55)33(29)21-30)35-9-12-38(52)45-40(35)54/h1,4-5,8,10-11,21-22,26-27,31,35H,2-3,6-7,9,12-20,24-25H2,(H,44,46,53)(H,45,52,54)/t27-,31-,35?. The molecule has 1 saturated carbocycles. The molecule has 8 rings (SSSR count). The lowest BCUT2D eigenvalue weighted by molar-refractivity contribution is -0.137. The zero-order valence-electron chi connectivity index (χ0n) is 31.3. The van der Waals surface area contributed by atoms with E-state index in [0.29, 0.717) is 61.7 Å². The van der Waals surface area contributed by atoms with Crippen LogP contribution in [0.15, 0.2) is 48.5 Å². The Morgan fingerprint density at radius 2 is 1.68 bits per heavy atom. The van der Waals surface area contributed by atoms with Crippen LogP contribution in [0.3, 0.4) is 0 Å². The number of hydrogen-bond acceptors (Lipinski definition) is 11. The van der Waals surface area contributed by atoms with E-state index in [4.69, 9.17) is 10.00 Å². The van der Waals surface area contributed by atoms with E-state index in [1.54, 1.807) is 11.0 Å². The van der Waals surface area contributed by atoms with Crippen molar-refractivity contribution in [1.29, 1.82) is 5.26 Å². The maximum atomic E-state index is 14.0. The molecular weight excluding hydrogens is 718 g/mol. The summed E-state index contributed by atoms with van der Waals surface area (Å²) in [5.74, 6) is 0.542. The third-order valence-electron chi connectivity index (χ3n) is 12.0. The molecule has 14 nitrogen and oxygen atoms in total. The van der Waals surface area contributed by atoms with Gasteiger partial charge in [-0.15, -0.1) is 10.2 Å². The number of piperazine rings is 1. The van der Waals surface area contributed by atoms with Gasteiger partial charge in [-0.1, -0.05) is 6.07 Å². The molecule has 3 aromatic rings. The SMILES string of the molecule is N#Cc1ccc(O[C@H]2CC[C@H](C(=O)Nc3ccc(N4CCC(CN5CCN(c6ccc7c(c6)C(=O)N(C6CCC(=O)NC6=O)C7)CC5)CC4)nn3)CC2)cc1F. The van der Waals surface area contributed by atoms with Gasteiger partial charge in [0, 0.05) is 82.0 Å². The van der Waals surface area contributed by atoms with E-state index >= 15 is 0 Å². The lowest BCUT2D eigenvalue weighted by Gasteiger charge is -2.39. The van der Waals surface area contributed by atoms with Crippen LogP contribution in [-0.4, -0.2) is 102 Å². The number of amides is 4. The number of carbonyl (C=O) groups excluding carboxylic acids is 4. The molecule has 5 heterocycles. The van der Waals surface area contributed by atoms with Crippen LogP contribution >= 0.6 is 0 Å². The lowest BCUT2D eigenvalue weighted by atomic mass is 9.86. The molecule has 3 saturated heterocycles. The van der Waals surface area contributed by atoms with E-state index in [9.17, 15) is 23.6 Å². The molecule has 4 fully saturated rings. The van der Waals surface area contributed by atoms with Gasteiger partial charge < -0.3 is 24.8 Å². The third-order valence-corrected chi connectivity index (χ3v) is 12.0. The van der Waals surface area contributed by atoms with Gasteiger partial charge >= 0.3 is 0 Å². The minimum absolute atomic E-state index is 0.0172. The topological polar surface area (TPSA) is 164 Å². The largest absolute Gasteiger partial charge is 0.490 e. The van der Waals surface area contributed by atoms with Crippen LogP contribution in [0.25, 0.3) is 0 Å². The fourth-order valence-electron chi connectivity index (χ4n) is 8.72. The monoisotopic (exact) mass is 763 g/mol. The molecular formula is C41H46FN9O5. The molecule has 1 aromatic heterocycles. The number of nitrogens with one attached hydrogen (secondary N) is 2. The van der Waals surface area contributed by atoms with Crippen LogP contribution in [0.1, 0.15) is 72.9 Å². The zero-order valence-corrected chi connectivity index (χ0v) is 31.3. The highest BCUT2D eigenvalue weighted by Gasteiger charge is 2.39. The summed E-state index contributed by atoms with van der Waals surface area (Å²) in [5.41, 5.74) is 2.57. The van der Waals surface area contributed by atoms with E-state index in [1.807, 2.05) is 30.3 Å². The summed E-state index contributed by atoms with van der Waals surface area (Å²) in [6, 6.07) is 15.2. The number of halogens is 1. The number of fused-ring (bicyclic) bond motifs is 1. The van der Waals surface area contributed by atoms with Gasteiger partial charge in [-0.2, -0.15) is 5.26 Å². The number of anilines is 3. The third kappa shape index (κ3) is 8.16. The number of nitriles is 1. The highest BCUT2D eigenvalue weighted by Crippen LogP contribution is 2.32. The maximum absolute atomic E-state index is 14.0. The Balaban J connectivity index is 0.743. The van der Waals surface area contributed by atoms with Gasteiger partial charge in [0.25, 0.3) is 5.91 Å². The molecule has 2 aromatic carbocycles. The van der Waals surface area contributed by atoms with Gasteiger partial charge in [-0.25, -0.2) is 4.39 Å². The number of hydrogen-bond donors (Lipinski definition) is 2. The molecule has 15 heteroatoms. The highest BCUT2D eigenvalue weighted by atomic mass is 19.1. The second kappa shape index (κ2) is 16.2. The molecule has 4 aliphatic heterocycles. The minimum atomic E-state index is -0.608. The summed E-state index contributed by atoms with van der Waals surface area (Å²) in [5, 5.41) is 23.0. The second-order valence-electron chi connectivity index (χ2n) is 15.6. The Morgan fingerprint density at radius 3 is 2.38 bits per heavy atom. The number of benzene rings is 2. The number of piperidine rings is 2. The average Bonchev–Trinajstić information content (AvgIpc) is 3.54. The van der Waals surface area contributed by atoms with Gasteiger partial charge in [0.1, 0.15) is 23.7 Å². The van der Waals surface area contributed by atoms with Crippen LogP contribution in [0.4, 0.5) is 21.7 Å². The fraction of sp³-hybridized carbons (Fsp3) is 0.488. The average molecular weight is 764 g/mol. The minimum Gasteiger partial charge on any atom is -0.490 e. The zero-order chi connectivity index (χ0) is 38.8. The molecule has 56 heavy (non-hydrogen) atoms. The van der Waals surface area contributed by atoms with Gasteiger partial charge in [-0.05, 0) is 92.8 Å². The van der Waals surface area contributed by atoms with Crippen LogP contribution in [0.2, 0.25) is 0 Å². The van der Waals surface area contributed by atoms with Crippen molar-refractivity contribution in [3.63, 3.8) is 0 Å². The Hall–Kier alpha value is -5.62. The molecule has 0 radical (unpaired) electrons. The van der Waals surface area contributed by atoms with Crippen molar-refractivity contribution in [2.24, 2.45) is 11.8 Å². The number of imide groups is 1. The molecule has 0 bridgehead atoms. The van der Waals surface area contributed by atoms with E-state index in [1.165, 1.54) is 12.1 Å². The predicted octanol–water partition coefficient (Wildman–Crippen LogP) is 3.86. The quantitative estimate of drug-likeness (QED) is 0.304. The highest BCUT2D eigenvalue weighted by molar-refractivity contribution is 6.05. The summed E-state index contributed by atoms with van der Waals surface area (Å²) < 4.78 is 19.9. The summed E-state index contributed by atoms with van der Waals surface area (Å²) >= 11 is 0. The van der Waals surface area contributed by atoms with Gasteiger partial charge in [0.05, 0.1) is 11.7 Å². The normalized spacial score (nSPS) is 23.4.